The van der Waals surface area contributed by atoms with Crippen LogP contribution in [0.15, 0.2) is 60.7 Å². The monoisotopic (exact) mass is 414 g/mol. The highest BCUT2D eigenvalue weighted by Crippen LogP contribution is 2.37. The Labute approximate surface area is 174 Å². The first-order chi connectivity index (χ1) is 14.5. The van der Waals surface area contributed by atoms with E-state index in [0.717, 1.165) is 6.54 Å². The summed E-state index contributed by atoms with van der Waals surface area (Å²) < 4.78 is 41.4. The molecule has 7 heteroatoms. The lowest BCUT2D eigenvalue weighted by atomic mass is 9.89. The minimum atomic E-state index is -4.47. The molecule has 4 rings (SSSR count). The first-order valence-electron chi connectivity index (χ1n) is 10.4. The van der Waals surface area contributed by atoms with Crippen LogP contribution in [0.1, 0.15) is 37.7 Å². The Morgan fingerprint density at radius 3 is 2.57 bits per heavy atom. The van der Waals surface area contributed by atoms with Gasteiger partial charge in [0, 0.05) is 25.5 Å². The number of halogens is 3. The van der Waals surface area contributed by atoms with Gasteiger partial charge in [0.25, 0.3) is 0 Å². The van der Waals surface area contributed by atoms with E-state index in [0.29, 0.717) is 28.6 Å². The Morgan fingerprint density at radius 1 is 1.07 bits per heavy atom. The Morgan fingerprint density at radius 2 is 1.90 bits per heavy atom. The van der Waals surface area contributed by atoms with Gasteiger partial charge in [-0.2, -0.15) is 13.2 Å². The van der Waals surface area contributed by atoms with E-state index < -0.39 is 11.9 Å². The molecule has 4 nitrogen and oxygen atoms in total. The van der Waals surface area contributed by atoms with E-state index >= 15 is 0 Å². The van der Waals surface area contributed by atoms with Crippen LogP contribution in [0.2, 0.25) is 0 Å². The smallest absolute Gasteiger partial charge is 0.370 e. The van der Waals surface area contributed by atoms with E-state index in [-0.39, 0.29) is 6.54 Å². The zero-order valence-corrected chi connectivity index (χ0v) is 16.7. The number of alkyl halides is 3. The third-order valence-electron chi connectivity index (χ3n) is 5.72. The molecule has 0 saturated heterocycles. The zero-order chi connectivity index (χ0) is 21.0. The van der Waals surface area contributed by atoms with Crippen LogP contribution in [0, 0.1) is 5.92 Å². The standard InChI is InChI=1S/C23H25F3N4/c24-23(25,26)21-13-18(19-7-4-11-27-15-19)10-12-30(21)20-8-9-22(29-16-20)28-14-17-5-2-1-3-6-17/h4,7-11,13,15-17H,1-3,5-6,12,14H2,(H,28,29). The number of rotatable bonds is 5. The molecule has 0 unspecified atom stereocenters. The average Bonchev–Trinajstić information content (AvgIpc) is 2.78. The van der Waals surface area contributed by atoms with Crippen molar-refractivity contribution < 1.29 is 13.2 Å². The molecule has 0 radical (unpaired) electrons. The highest BCUT2D eigenvalue weighted by atomic mass is 19.4. The van der Waals surface area contributed by atoms with Crippen LogP contribution in [-0.4, -0.2) is 29.2 Å². The van der Waals surface area contributed by atoms with Gasteiger partial charge >= 0.3 is 6.18 Å². The molecule has 1 aliphatic heterocycles. The molecular formula is C23H25F3N4. The van der Waals surface area contributed by atoms with Crippen molar-refractivity contribution in [2.24, 2.45) is 5.92 Å². The maximum Gasteiger partial charge on any atom is 0.431 e. The van der Waals surface area contributed by atoms with Gasteiger partial charge < -0.3 is 10.2 Å². The summed E-state index contributed by atoms with van der Waals surface area (Å²) in [5, 5.41) is 3.33. The summed E-state index contributed by atoms with van der Waals surface area (Å²) in [5.74, 6) is 1.35. The molecule has 1 fully saturated rings. The third kappa shape index (κ3) is 4.83. The minimum absolute atomic E-state index is 0.117. The topological polar surface area (TPSA) is 41.1 Å². The molecule has 0 aromatic carbocycles. The average molecular weight is 414 g/mol. The number of nitrogens with zero attached hydrogens (tertiary/aromatic N) is 3. The van der Waals surface area contributed by atoms with E-state index in [2.05, 4.69) is 15.3 Å². The van der Waals surface area contributed by atoms with Crippen molar-refractivity contribution in [1.82, 2.24) is 9.97 Å². The summed E-state index contributed by atoms with van der Waals surface area (Å²) in [6.45, 7) is 0.979. The molecule has 1 aliphatic carbocycles. The molecule has 1 N–H and O–H groups in total. The highest BCUT2D eigenvalue weighted by Gasteiger charge is 2.39. The molecule has 0 spiro atoms. The Balaban J connectivity index is 1.48. The summed E-state index contributed by atoms with van der Waals surface area (Å²) in [6, 6.07) is 6.92. The van der Waals surface area contributed by atoms with Crippen LogP contribution in [0.4, 0.5) is 24.7 Å². The lowest BCUT2D eigenvalue weighted by Crippen LogP contribution is -2.34. The van der Waals surface area contributed by atoms with Crippen molar-refractivity contribution >= 4 is 17.1 Å². The van der Waals surface area contributed by atoms with E-state index in [4.69, 9.17) is 0 Å². The van der Waals surface area contributed by atoms with E-state index in [1.165, 1.54) is 49.3 Å². The van der Waals surface area contributed by atoms with Gasteiger partial charge in [-0.25, -0.2) is 4.98 Å². The maximum absolute atomic E-state index is 13.8. The lowest BCUT2D eigenvalue weighted by molar-refractivity contribution is -0.0932. The van der Waals surface area contributed by atoms with Crippen LogP contribution in [-0.2, 0) is 0 Å². The van der Waals surface area contributed by atoms with E-state index in [1.54, 1.807) is 42.7 Å². The summed E-state index contributed by atoms with van der Waals surface area (Å²) in [6.07, 6.45) is 9.47. The maximum atomic E-state index is 13.8. The number of hydrogen-bond donors (Lipinski definition) is 1. The van der Waals surface area contributed by atoms with Crippen molar-refractivity contribution in [3.63, 3.8) is 0 Å². The molecule has 0 amide bonds. The molecular weight excluding hydrogens is 389 g/mol. The number of allylic oxidation sites excluding steroid dienone is 3. The Kier molecular flexibility index (Phi) is 6.06. The van der Waals surface area contributed by atoms with Gasteiger partial charge in [0.05, 0.1) is 11.9 Å². The number of anilines is 2. The zero-order valence-electron chi connectivity index (χ0n) is 16.7. The van der Waals surface area contributed by atoms with Gasteiger partial charge in [-0.1, -0.05) is 31.4 Å². The Hall–Kier alpha value is -2.83. The second kappa shape index (κ2) is 8.90. The van der Waals surface area contributed by atoms with Gasteiger partial charge in [-0.3, -0.25) is 4.98 Å². The van der Waals surface area contributed by atoms with Crippen molar-refractivity contribution in [1.29, 1.82) is 0 Å². The van der Waals surface area contributed by atoms with Gasteiger partial charge in [-0.15, -0.1) is 0 Å². The summed E-state index contributed by atoms with van der Waals surface area (Å²) >= 11 is 0. The molecule has 1 saturated carbocycles. The van der Waals surface area contributed by atoms with Crippen LogP contribution < -0.4 is 10.2 Å². The summed E-state index contributed by atoms with van der Waals surface area (Å²) in [5.41, 5.74) is 0.904. The van der Waals surface area contributed by atoms with Crippen molar-refractivity contribution in [3.8, 4) is 0 Å². The number of pyridine rings is 2. The second-order valence-corrected chi connectivity index (χ2v) is 7.83. The molecule has 30 heavy (non-hydrogen) atoms. The molecule has 2 aliphatic rings. The first-order valence-corrected chi connectivity index (χ1v) is 10.4. The second-order valence-electron chi connectivity index (χ2n) is 7.83. The molecule has 0 bridgehead atoms. The molecule has 2 aromatic rings. The van der Waals surface area contributed by atoms with E-state index in [1.807, 2.05) is 0 Å². The number of aromatic nitrogens is 2. The predicted molar refractivity (Wildman–Crippen MR) is 113 cm³/mol. The molecule has 2 aromatic heterocycles. The van der Waals surface area contributed by atoms with Gasteiger partial charge in [0.2, 0.25) is 0 Å². The van der Waals surface area contributed by atoms with Crippen molar-refractivity contribution in [3.05, 3.63) is 66.3 Å². The third-order valence-corrected chi connectivity index (χ3v) is 5.72. The molecule has 3 heterocycles. The fourth-order valence-electron chi connectivity index (χ4n) is 4.08. The summed E-state index contributed by atoms with van der Waals surface area (Å²) in [4.78, 5) is 9.60. The van der Waals surface area contributed by atoms with Gasteiger partial charge in [0.1, 0.15) is 11.5 Å². The van der Waals surface area contributed by atoms with E-state index in [9.17, 15) is 13.2 Å². The van der Waals surface area contributed by atoms with Gasteiger partial charge in [0.15, 0.2) is 0 Å². The normalized spacial score (nSPS) is 18.0. The van der Waals surface area contributed by atoms with Gasteiger partial charge in [-0.05, 0) is 54.2 Å². The summed E-state index contributed by atoms with van der Waals surface area (Å²) in [7, 11) is 0. The molecule has 158 valence electrons. The van der Waals surface area contributed by atoms with Crippen LogP contribution in [0.3, 0.4) is 0 Å². The quantitative estimate of drug-likeness (QED) is 0.670. The Bertz CT molecular complexity index is 898. The number of nitrogens with one attached hydrogen (secondary N) is 1. The predicted octanol–water partition coefficient (Wildman–Crippen LogP) is 5.82. The SMILES string of the molecule is FC(F)(F)C1=CC(c2cccnc2)=CCN1c1ccc(NCC2CCCCC2)nc1. The van der Waals surface area contributed by atoms with Crippen LogP contribution in [0.5, 0.6) is 0 Å². The van der Waals surface area contributed by atoms with Crippen molar-refractivity contribution in [2.75, 3.05) is 23.3 Å². The van der Waals surface area contributed by atoms with Crippen molar-refractivity contribution in [2.45, 2.75) is 38.3 Å². The fourth-order valence-corrected chi connectivity index (χ4v) is 4.08. The first kappa shape index (κ1) is 20.4. The molecule has 0 atom stereocenters. The van der Waals surface area contributed by atoms with Crippen LogP contribution >= 0.6 is 0 Å². The number of hydrogen-bond acceptors (Lipinski definition) is 4. The largest absolute Gasteiger partial charge is 0.431 e. The minimum Gasteiger partial charge on any atom is -0.370 e. The van der Waals surface area contributed by atoms with Crippen LogP contribution in [0.25, 0.3) is 5.57 Å². The lowest BCUT2D eigenvalue weighted by Gasteiger charge is -2.31. The fraction of sp³-hybridized carbons (Fsp3) is 0.391. The highest BCUT2D eigenvalue weighted by molar-refractivity contribution is 5.78.